The zero-order chi connectivity index (χ0) is 14.7. The Balaban J connectivity index is 1.99. The van der Waals surface area contributed by atoms with Gasteiger partial charge in [-0.3, -0.25) is 4.79 Å². The molecule has 1 fully saturated rings. The van der Waals surface area contributed by atoms with Crippen molar-refractivity contribution in [3.05, 3.63) is 33.8 Å². The maximum atomic E-state index is 12.3. The maximum Gasteiger partial charge on any atom is 0.237 e. The van der Waals surface area contributed by atoms with Gasteiger partial charge in [0.25, 0.3) is 0 Å². The van der Waals surface area contributed by atoms with Crippen LogP contribution >= 0.6 is 23.2 Å². The summed E-state index contributed by atoms with van der Waals surface area (Å²) < 4.78 is 0. The number of rotatable bonds is 3. The number of nitrogens with one attached hydrogen (secondary N) is 2. The van der Waals surface area contributed by atoms with E-state index in [1.165, 1.54) is 0 Å². The highest BCUT2D eigenvalue weighted by molar-refractivity contribution is 6.35. The fraction of sp³-hybridized carbons (Fsp3) is 0.533. The lowest BCUT2D eigenvalue weighted by Crippen LogP contribution is -2.48. The van der Waals surface area contributed by atoms with Crippen LogP contribution in [0.1, 0.15) is 38.3 Å². The summed E-state index contributed by atoms with van der Waals surface area (Å²) in [6.45, 7) is 5.01. The summed E-state index contributed by atoms with van der Waals surface area (Å²) in [4.78, 5) is 12.3. The third-order valence-corrected chi connectivity index (χ3v) is 4.33. The molecule has 0 bridgehead atoms. The Morgan fingerprint density at radius 1 is 1.45 bits per heavy atom. The molecule has 0 spiro atoms. The van der Waals surface area contributed by atoms with E-state index in [1.54, 1.807) is 12.1 Å². The summed E-state index contributed by atoms with van der Waals surface area (Å²) in [5.74, 6) is 0.622. The third kappa shape index (κ3) is 3.87. The highest BCUT2D eigenvalue weighted by Crippen LogP contribution is 2.26. The van der Waals surface area contributed by atoms with Crippen molar-refractivity contribution in [2.24, 2.45) is 5.92 Å². The van der Waals surface area contributed by atoms with Gasteiger partial charge in [0, 0.05) is 10.0 Å². The predicted octanol–water partition coefficient (Wildman–Crippen LogP) is 3.56. The molecule has 1 aromatic rings. The second-order valence-electron chi connectivity index (χ2n) is 5.53. The Morgan fingerprint density at radius 2 is 2.20 bits per heavy atom. The first-order valence-electron chi connectivity index (χ1n) is 6.96. The number of hydrogen-bond acceptors (Lipinski definition) is 2. The number of amides is 1. The first-order valence-corrected chi connectivity index (χ1v) is 7.71. The molecule has 1 aliphatic rings. The lowest BCUT2D eigenvalue weighted by molar-refractivity contribution is -0.124. The van der Waals surface area contributed by atoms with Gasteiger partial charge in [0.05, 0.1) is 12.1 Å². The summed E-state index contributed by atoms with van der Waals surface area (Å²) in [5.41, 5.74) is 0.883. The van der Waals surface area contributed by atoms with Crippen LogP contribution in [-0.4, -0.2) is 18.5 Å². The van der Waals surface area contributed by atoms with E-state index in [1.807, 2.05) is 13.0 Å². The fourth-order valence-electron chi connectivity index (χ4n) is 2.55. The van der Waals surface area contributed by atoms with Crippen molar-refractivity contribution in [1.29, 1.82) is 0 Å². The van der Waals surface area contributed by atoms with E-state index in [-0.39, 0.29) is 18.0 Å². The van der Waals surface area contributed by atoms with Crippen LogP contribution in [0.3, 0.4) is 0 Å². The molecular weight excluding hydrogens is 295 g/mol. The van der Waals surface area contributed by atoms with E-state index >= 15 is 0 Å². The summed E-state index contributed by atoms with van der Waals surface area (Å²) >= 11 is 12.0. The van der Waals surface area contributed by atoms with E-state index in [2.05, 4.69) is 17.6 Å². The first kappa shape index (κ1) is 15.6. The van der Waals surface area contributed by atoms with Crippen molar-refractivity contribution in [2.75, 3.05) is 6.54 Å². The minimum atomic E-state index is -0.133. The zero-order valence-electron chi connectivity index (χ0n) is 11.7. The van der Waals surface area contributed by atoms with E-state index in [0.717, 1.165) is 24.9 Å². The van der Waals surface area contributed by atoms with Crippen LogP contribution in [0.2, 0.25) is 10.0 Å². The van der Waals surface area contributed by atoms with Crippen molar-refractivity contribution in [1.82, 2.24) is 10.6 Å². The van der Waals surface area contributed by atoms with Gasteiger partial charge in [-0.15, -0.1) is 0 Å². The predicted molar refractivity (Wildman–Crippen MR) is 83.2 cm³/mol. The summed E-state index contributed by atoms with van der Waals surface area (Å²) in [6.07, 6.45) is 2.01. The van der Waals surface area contributed by atoms with E-state index < -0.39 is 0 Å². The molecule has 0 radical (unpaired) electrons. The van der Waals surface area contributed by atoms with Gasteiger partial charge in [0.15, 0.2) is 0 Å². The van der Waals surface area contributed by atoms with Crippen molar-refractivity contribution in [2.45, 2.75) is 38.8 Å². The minimum Gasteiger partial charge on any atom is -0.348 e. The second-order valence-corrected chi connectivity index (χ2v) is 6.38. The molecule has 0 aliphatic carbocycles. The highest BCUT2D eigenvalue weighted by Gasteiger charge is 2.25. The van der Waals surface area contributed by atoms with Gasteiger partial charge in [-0.1, -0.05) is 36.2 Å². The number of piperidine rings is 1. The molecule has 1 saturated heterocycles. The average Bonchev–Trinajstić information content (AvgIpc) is 2.38. The Hall–Kier alpha value is -0.770. The monoisotopic (exact) mass is 314 g/mol. The molecule has 20 heavy (non-hydrogen) atoms. The molecule has 1 aromatic carbocycles. The van der Waals surface area contributed by atoms with Crippen LogP contribution in [0.4, 0.5) is 0 Å². The molecule has 3 unspecified atom stereocenters. The van der Waals surface area contributed by atoms with E-state index in [0.29, 0.717) is 16.0 Å². The molecule has 110 valence electrons. The largest absolute Gasteiger partial charge is 0.348 e. The lowest BCUT2D eigenvalue weighted by atomic mass is 9.93. The Kier molecular flexibility index (Phi) is 5.30. The molecule has 0 aromatic heterocycles. The SMILES string of the molecule is CC1CCNC(C(=O)NC(C)c2ccc(Cl)cc2Cl)C1. The van der Waals surface area contributed by atoms with Gasteiger partial charge in [0.2, 0.25) is 5.91 Å². The average molecular weight is 315 g/mol. The zero-order valence-corrected chi connectivity index (χ0v) is 13.3. The lowest BCUT2D eigenvalue weighted by Gasteiger charge is -2.28. The fourth-order valence-corrected chi connectivity index (χ4v) is 3.12. The number of carbonyl (C=O) groups is 1. The first-order chi connectivity index (χ1) is 9.47. The maximum absolute atomic E-state index is 12.3. The summed E-state index contributed by atoms with van der Waals surface area (Å²) in [5, 5.41) is 7.46. The molecule has 0 saturated carbocycles. The molecule has 3 atom stereocenters. The molecule has 3 nitrogen and oxygen atoms in total. The van der Waals surface area contributed by atoms with Crippen LogP contribution in [0.25, 0.3) is 0 Å². The van der Waals surface area contributed by atoms with Crippen molar-refractivity contribution < 1.29 is 4.79 Å². The Bertz CT molecular complexity index is 493. The number of hydrogen-bond donors (Lipinski definition) is 2. The quantitative estimate of drug-likeness (QED) is 0.895. The third-order valence-electron chi connectivity index (χ3n) is 3.77. The Labute approximate surface area is 130 Å². The summed E-state index contributed by atoms with van der Waals surface area (Å²) in [6, 6.07) is 5.10. The number of benzene rings is 1. The van der Waals surface area contributed by atoms with E-state index in [4.69, 9.17) is 23.2 Å². The van der Waals surface area contributed by atoms with Crippen molar-refractivity contribution in [3.63, 3.8) is 0 Å². The normalized spacial score (nSPS) is 24.2. The molecule has 1 heterocycles. The second kappa shape index (κ2) is 6.79. The highest BCUT2D eigenvalue weighted by atomic mass is 35.5. The molecule has 1 amide bonds. The van der Waals surface area contributed by atoms with Crippen LogP contribution in [0.15, 0.2) is 18.2 Å². The van der Waals surface area contributed by atoms with Gasteiger partial charge >= 0.3 is 0 Å². The van der Waals surface area contributed by atoms with Gasteiger partial charge < -0.3 is 10.6 Å². The van der Waals surface area contributed by atoms with Crippen LogP contribution in [-0.2, 0) is 4.79 Å². The summed E-state index contributed by atoms with van der Waals surface area (Å²) in [7, 11) is 0. The molecule has 1 aliphatic heterocycles. The smallest absolute Gasteiger partial charge is 0.237 e. The van der Waals surface area contributed by atoms with Gasteiger partial charge in [-0.05, 0) is 49.9 Å². The van der Waals surface area contributed by atoms with Crippen molar-refractivity contribution in [3.8, 4) is 0 Å². The van der Waals surface area contributed by atoms with Gasteiger partial charge in [-0.25, -0.2) is 0 Å². The molecule has 5 heteroatoms. The van der Waals surface area contributed by atoms with E-state index in [9.17, 15) is 4.79 Å². The minimum absolute atomic E-state index is 0.0371. The molecule has 2 rings (SSSR count). The standard InChI is InChI=1S/C15H20Cl2N2O/c1-9-5-6-18-14(7-9)15(20)19-10(2)12-4-3-11(16)8-13(12)17/h3-4,8-10,14,18H,5-7H2,1-2H3,(H,19,20). The Morgan fingerprint density at radius 3 is 2.85 bits per heavy atom. The van der Waals surface area contributed by atoms with Crippen LogP contribution in [0.5, 0.6) is 0 Å². The molecule has 2 N–H and O–H groups in total. The molecular formula is C15H20Cl2N2O. The van der Waals surface area contributed by atoms with Gasteiger partial charge in [-0.2, -0.15) is 0 Å². The van der Waals surface area contributed by atoms with Gasteiger partial charge in [0.1, 0.15) is 0 Å². The number of halogens is 2. The topological polar surface area (TPSA) is 41.1 Å². The van der Waals surface area contributed by atoms with Crippen LogP contribution < -0.4 is 10.6 Å². The van der Waals surface area contributed by atoms with Crippen LogP contribution in [0, 0.1) is 5.92 Å². The van der Waals surface area contributed by atoms with Crippen molar-refractivity contribution >= 4 is 29.1 Å². The number of carbonyl (C=O) groups excluding carboxylic acids is 1.